The molecule has 4 rings (SSSR count). The van der Waals surface area contributed by atoms with Crippen molar-refractivity contribution in [2.24, 2.45) is 5.92 Å². The molecule has 3 aromatic rings. The van der Waals surface area contributed by atoms with Gasteiger partial charge in [-0.2, -0.15) is 4.98 Å². The minimum atomic E-state index is -3.50. The lowest BCUT2D eigenvalue weighted by Gasteiger charge is -2.36. The molecule has 1 aromatic heterocycles. The highest BCUT2D eigenvalue weighted by atomic mass is 35.5. The van der Waals surface area contributed by atoms with Crippen LogP contribution in [-0.2, 0) is 14.6 Å². The van der Waals surface area contributed by atoms with E-state index < -0.39 is 15.1 Å². The number of benzene rings is 2. The zero-order chi connectivity index (χ0) is 27.4. The maximum Gasteiger partial charge on any atom is 0.229 e. The van der Waals surface area contributed by atoms with Gasteiger partial charge in [0.1, 0.15) is 11.3 Å². The highest BCUT2D eigenvalue weighted by Crippen LogP contribution is 2.34. The van der Waals surface area contributed by atoms with Crippen molar-refractivity contribution < 1.29 is 13.2 Å². The van der Waals surface area contributed by atoms with E-state index in [0.29, 0.717) is 29.3 Å². The van der Waals surface area contributed by atoms with Gasteiger partial charge in [0, 0.05) is 12.2 Å². The number of anilines is 4. The van der Waals surface area contributed by atoms with Gasteiger partial charge in [0.05, 0.1) is 28.1 Å². The van der Waals surface area contributed by atoms with Crippen molar-refractivity contribution in [3.8, 4) is 0 Å². The van der Waals surface area contributed by atoms with Gasteiger partial charge in [0.2, 0.25) is 5.95 Å². The molecule has 0 bridgehead atoms. The van der Waals surface area contributed by atoms with Gasteiger partial charge in [-0.1, -0.05) is 42.8 Å². The molecule has 0 aliphatic carbocycles. The molecule has 0 radical (unpaired) electrons. The summed E-state index contributed by atoms with van der Waals surface area (Å²) in [5.41, 5.74) is 2.51. The van der Waals surface area contributed by atoms with Crippen LogP contribution in [0.5, 0.6) is 0 Å². The first kappa shape index (κ1) is 28.3. The summed E-state index contributed by atoms with van der Waals surface area (Å²) in [6.45, 7) is 10.6. The maximum absolute atomic E-state index is 12.8. The van der Waals surface area contributed by atoms with E-state index in [1.54, 1.807) is 38.1 Å². The molecular formula is C28H36ClN5O3S. The molecule has 2 aromatic carbocycles. The Morgan fingerprint density at radius 2 is 1.76 bits per heavy atom. The van der Waals surface area contributed by atoms with Crippen LogP contribution < -0.4 is 16.0 Å². The fraction of sp³-hybridized carbons (Fsp3) is 0.429. The third-order valence-corrected chi connectivity index (χ3v) is 9.15. The molecule has 0 spiro atoms. The number of hydrogen-bond acceptors (Lipinski definition) is 8. The van der Waals surface area contributed by atoms with Crippen LogP contribution in [0.15, 0.2) is 59.6 Å². The van der Waals surface area contributed by atoms with Gasteiger partial charge < -0.3 is 15.4 Å². The number of para-hydroxylation sites is 1. The number of halogens is 1. The van der Waals surface area contributed by atoms with Crippen LogP contribution in [0, 0.1) is 5.92 Å². The topological polar surface area (TPSA) is 105 Å². The molecule has 0 saturated carbocycles. The van der Waals surface area contributed by atoms with Gasteiger partial charge in [-0.15, -0.1) is 0 Å². The molecule has 1 aliphatic heterocycles. The van der Waals surface area contributed by atoms with Gasteiger partial charge in [-0.05, 0) is 75.8 Å². The van der Waals surface area contributed by atoms with Crippen molar-refractivity contribution in [2.75, 3.05) is 17.2 Å². The van der Waals surface area contributed by atoms with E-state index in [1.165, 1.54) is 11.8 Å². The highest BCUT2D eigenvalue weighted by Gasteiger charge is 2.29. The monoisotopic (exact) mass is 557 g/mol. The molecule has 10 heteroatoms. The Labute approximate surface area is 230 Å². The van der Waals surface area contributed by atoms with Crippen molar-refractivity contribution >= 4 is 44.6 Å². The number of rotatable bonds is 9. The van der Waals surface area contributed by atoms with Gasteiger partial charge in [0.25, 0.3) is 0 Å². The first-order valence-electron chi connectivity index (χ1n) is 12.9. The van der Waals surface area contributed by atoms with E-state index in [1.807, 2.05) is 12.1 Å². The number of ether oxygens (including phenoxy) is 1. The van der Waals surface area contributed by atoms with Gasteiger partial charge in [-0.25, -0.2) is 13.4 Å². The van der Waals surface area contributed by atoms with Crippen molar-refractivity contribution in [1.29, 1.82) is 0 Å². The number of hydrogen-bond donors (Lipinski definition) is 3. The zero-order valence-electron chi connectivity index (χ0n) is 22.4. The SMILES string of the molecule is CC(C)OC1CC(c2ccc(Nc3ncc(Cl)c(Nc4ccccc4S(=O)(=O)C(C)C)n3)cc2)C(C)CN1. The lowest BCUT2D eigenvalue weighted by Crippen LogP contribution is -2.44. The molecule has 8 nitrogen and oxygen atoms in total. The first-order valence-corrected chi connectivity index (χ1v) is 14.8. The number of piperidine rings is 1. The predicted octanol–water partition coefficient (Wildman–Crippen LogP) is 6.26. The lowest BCUT2D eigenvalue weighted by molar-refractivity contribution is -0.0376. The fourth-order valence-corrected chi connectivity index (χ4v) is 5.90. The summed E-state index contributed by atoms with van der Waals surface area (Å²) in [5, 5.41) is 9.51. The average Bonchev–Trinajstić information content (AvgIpc) is 2.87. The van der Waals surface area contributed by atoms with Crippen LogP contribution in [-0.4, -0.2) is 42.5 Å². The summed E-state index contributed by atoms with van der Waals surface area (Å²) < 4.78 is 31.7. The largest absolute Gasteiger partial charge is 0.361 e. The van der Waals surface area contributed by atoms with E-state index in [4.69, 9.17) is 16.3 Å². The van der Waals surface area contributed by atoms with E-state index in [9.17, 15) is 8.42 Å². The van der Waals surface area contributed by atoms with Crippen LogP contribution in [0.2, 0.25) is 5.02 Å². The number of sulfone groups is 1. The second-order valence-electron chi connectivity index (χ2n) is 10.3. The van der Waals surface area contributed by atoms with Crippen LogP contribution in [0.4, 0.5) is 23.1 Å². The third-order valence-electron chi connectivity index (χ3n) is 6.67. The summed E-state index contributed by atoms with van der Waals surface area (Å²) in [5.74, 6) is 1.55. The fourth-order valence-electron chi connectivity index (χ4n) is 4.56. The number of aromatic nitrogens is 2. The molecule has 204 valence electrons. The summed E-state index contributed by atoms with van der Waals surface area (Å²) in [7, 11) is -3.50. The minimum Gasteiger partial charge on any atom is -0.361 e. The molecule has 1 fully saturated rings. The normalized spacial score (nSPS) is 20.1. The third kappa shape index (κ3) is 6.64. The Morgan fingerprint density at radius 1 is 1.05 bits per heavy atom. The summed E-state index contributed by atoms with van der Waals surface area (Å²) in [6, 6.07) is 15.0. The predicted molar refractivity (Wildman–Crippen MR) is 153 cm³/mol. The quantitative estimate of drug-likeness (QED) is 0.283. The molecular weight excluding hydrogens is 522 g/mol. The van der Waals surface area contributed by atoms with Crippen molar-refractivity contribution in [3.05, 3.63) is 65.3 Å². The molecule has 1 saturated heterocycles. The van der Waals surface area contributed by atoms with E-state index in [-0.39, 0.29) is 22.2 Å². The van der Waals surface area contributed by atoms with E-state index >= 15 is 0 Å². The van der Waals surface area contributed by atoms with Crippen LogP contribution in [0.25, 0.3) is 0 Å². The van der Waals surface area contributed by atoms with Gasteiger partial charge in [0.15, 0.2) is 15.7 Å². The number of nitrogens with one attached hydrogen (secondary N) is 3. The zero-order valence-corrected chi connectivity index (χ0v) is 24.0. The summed E-state index contributed by atoms with van der Waals surface area (Å²) >= 11 is 6.36. The van der Waals surface area contributed by atoms with Crippen molar-refractivity contribution in [1.82, 2.24) is 15.3 Å². The van der Waals surface area contributed by atoms with Gasteiger partial charge >= 0.3 is 0 Å². The van der Waals surface area contributed by atoms with Crippen molar-refractivity contribution in [3.63, 3.8) is 0 Å². The Bertz CT molecular complexity index is 1350. The average molecular weight is 558 g/mol. The minimum absolute atomic E-state index is 0.0584. The number of nitrogens with zero attached hydrogens (tertiary/aromatic N) is 2. The molecule has 3 N–H and O–H groups in total. The highest BCUT2D eigenvalue weighted by molar-refractivity contribution is 7.92. The Kier molecular flexibility index (Phi) is 8.92. The first-order chi connectivity index (χ1) is 18.0. The second kappa shape index (κ2) is 12.0. The van der Waals surface area contributed by atoms with Crippen molar-refractivity contribution in [2.45, 2.75) is 69.4 Å². The summed E-state index contributed by atoms with van der Waals surface area (Å²) in [4.78, 5) is 9.00. The lowest BCUT2D eigenvalue weighted by atomic mass is 9.81. The maximum atomic E-state index is 12.8. The molecule has 38 heavy (non-hydrogen) atoms. The molecule has 0 amide bonds. The van der Waals surface area contributed by atoms with Gasteiger partial charge in [-0.3, -0.25) is 5.32 Å². The van der Waals surface area contributed by atoms with Crippen LogP contribution in [0.3, 0.4) is 0 Å². The molecule has 3 atom stereocenters. The Hall–Kier alpha value is -2.72. The summed E-state index contributed by atoms with van der Waals surface area (Å²) in [6.07, 6.45) is 2.65. The van der Waals surface area contributed by atoms with E-state index in [2.05, 4.69) is 58.8 Å². The second-order valence-corrected chi connectivity index (χ2v) is 13.1. The molecule has 1 aliphatic rings. The smallest absolute Gasteiger partial charge is 0.229 e. The Morgan fingerprint density at radius 3 is 2.45 bits per heavy atom. The van der Waals surface area contributed by atoms with Crippen LogP contribution in [0.1, 0.15) is 52.5 Å². The van der Waals surface area contributed by atoms with Crippen LogP contribution >= 0.6 is 11.6 Å². The standard InChI is InChI=1S/C28H36ClN5O3S/c1-17(2)37-26-14-22(19(5)15-30-26)20-10-12-21(13-11-20)32-28-31-16-23(29)27(34-28)33-24-8-6-7-9-25(24)38(35,36)18(3)4/h6-13,16-19,22,26,30H,14-15H2,1-5H3,(H2,31,32,33,34). The molecule has 3 unspecified atom stereocenters. The molecule has 2 heterocycles. The Balaban J connectivity index is 1.50. The van der Waals surface area contributed by atoms with E-state index in [0.717, 1.165) is 18.7 Å².